The van der Waals surface area contributed by atoms with Gasteiger partial charge in [0.15, 0.2) is 5.78 Å². The summed E-state index contributed by atoms with van der Waals surface area (Å²) < 4.78 is 4.84. The summed E-state index contributed by atoms with van der Waals surface area (Å²) >= 11 is 0. The molecule has 0 aliphatic carbocycles. The van der Waals surface area contributed by atoms with E-state index in [1.807, 2.05) is 6.92 Å². The maximum absolute atomic E-state index is 11.3. The van der Waals surface area contributed by atoms with Crippen molar-refractivity contribution in [3.63, 3.8) is 0 Å². The van der Waals surface area contributed by atoms with Crippen LogP contribution in [0.15, 0.2) is 11.6 Å². The van der Waals surface area contributed by atoms with Gasteiger partial charge in [-0.1, -0.05) is 13.3 Å². The highest BCUT2D eigenvalue weighted by Crippen LogP contribution is 2.09. The molecule has 0 aliphatic rings. The SMILES string of the molecule is CCCC/C(=C\C(C)=O)C(=O)OCC. The number of unbranched alkanes of at least 4 members (excludes halogenated alkanes) is 1. The molecule has 3 heteroatoms. The molecule has 0 aromatic heterocycles. The van der Waals surface area contributed by atoms with E-state index in [0.717, 1.165) is 12.8 Å². The second-order valence-electron chi connectivity index (χ2n) is 3.10. The lowest BCUT2D eigenvalue weighted by atomic mass is 10.1. The topological polar surface area (TPSA) is 43.4 Å². The molecule has 0 aliphatic heterocycles. The molecule has 0 unspecified atom stereocenters. The van der Waals surface area contributed by atoms with Gasteiger partial charge in [-0.3, -0.25) is 4.79 Å². The minimum absolute atomic E-state index is 0.107. The number of rotatable bonds is 6. The Morgan fingerprint density at radius 3 is 2.36 bits per heavy atom. The Labute approximate surface area is 85.1 Å². The van der Waals surface area contributed by atoms with Gasteiger partial charge in [0, 0.05) is 5.57 Å². The fourth-order valence-corrected chi connectivity index (χ4v) is 1.07. The van der Waals surface area contributed by atoms with Crippen LogP contribution in [0.5, 0.6) is 0 Å². The lowest BCUT2D eigenvalue weighted by Gasteiger charge is -2.05. The molecule has 14 heavy (non-hydrogen) atoms. The summed E-state index contributed by atoms with van der Waals surface area (Å²) in [6.07, 6.45) is 3.88. The largest absolute Gasteiger partial charge is 0.463 e. The second-order valence-corrected chi connectivity index (χ2v) is 3.10. The van der Waals surface area contributed by atoms with E-state index in [-0.39, 0.29) is 11.8 Å². The Hall–Kier alpha value is -1.12. The number of ketones is 1. The molecule has 0 aromatic carbocycles. The lowest BCUT2D eigenvalue weighted by Crippen LogP contribution is -2.09. The second kappa shape index (κ2) is 7.30. The minimum atomic E-state index is -0.365. The predicted molar refractivity (Wildman–Crippen MR) is 54.9 cm³/mol. The Kier molecular flexibility index (Phi) is 6.72. The molecule has 0 aromatic rings. The van der Waals surface area contributed by atoms with Crippen molar-refractivity contribution in [2.75, 3.05) is 6.61 Å². The molecule has 0 fully saturated rings. The monoisotopic (exact) mass is 198 g/mol. The first-order chi connectivity index (χ1) is 6.61. The number of carbonyl (C=O) groups excluding carboxylic acids is 2. The average Bonchev–Trinajstić information content (AvgIpc) is 2.12. The van der Waals surface area contributed by atoms with E-state index in [4.69, 9.17) is 4.74 Å². The van der Waals surface area contributed by atoms with E-state index in [0.29, 0.717) is 18.6 Å². The van der Waals surface area contributed by atoms with Gasteiger partial charge in [0.25, 0.3) is 0 Å². The Morgan fingerprint density at radius 1 is 1.29 bits per heavy atom. The van der Waals surface area contributed by atoms with E-state index in [9.17, 15) is 9.59 Å². The van der Waals surface area contributed by atoms with Crippen molar-refractivity contribution in [1.82, 2.24) is 0 Å². The molecule has 0 saturated carbocycles. The van der Waals surface area contributed by atoms with E-state index >= 15 is 0 Å². The molecular formula is C11H18O3. The molecule has 0 N–H and O–H groups in total. The summed E-state index contributed by atoms with van der Waals surface area (Å²) in [7, 11) is 0. The fourth-order valence-electron chi connectivity index (χ4n) is 1.07. The lowest BCUT2D eigenvalue weighted by molar-refractivity contribution is -0.138. The van der Waals surface area contributed by atoms with Gasteiger partial charge in [0.05, 0.1) is 6.61 Å². The Balaban J connectivity index is 4.38. The smallest absolute Gasteiger partial charge is 0.334 e. The van der Waals surface area contributed by atoms with Crippen LogP contribution in [0, 0.1) is 0 Å². The molecule has 0 saturated heterocycles. The molecule has 0 bridgehead atoms. The molecule has 3 nitrogen and oxygen atoms in total. The molecule has 0 rings (SSSR count). The van der Waals surface area contributed by atoms with Crippen molar-refractivity contribution >= 4 is 11.8 Å². The molecule has 0 atom stereocenters. The van der Waals surface area contributed by atoms with Crippen LogP contribution in [0.3, 0.4) is 0 Å². The van der Waals surface area contributed by atoms with Crippen molar-refractivity contribution in [2.24, 2.45) is 0 Å². The average molecular weight is 198 g/mol. The molecule has 0 radical (unpaired) electrons. The van der Waals surface area contributed by atoms with Gasteiger partial charge >= 0.3 is 5.97 Å². The van der Waals surface area contributed by atoms with E-state index in [1.165, 1.54) is 13.0 Å². The highest BCUT2D eigenvalue weighted by molar-refractivity contribution is 5.98. The van der Waals surface area contributed by atoms with Crippen molar-refractivity contribution < 1.29 is 14.3 Å². The predicted octanol–water partition coefficient (Wildman–Crippen LogP) is 2.26. The summed E-state index contributed by atoms with van der Waals surface area (Å²) in [5.41, 5.74) is 0.487. The van der Waals surface area contributed by atoms with Gasteiger partial charge in [0.2, 0.25) is 0 Å². The third kappa shape index (κ3) is 5.51. The summed E-state index contributed by atoms with van der Waals surface area (Å²) in [5.74, 6) is -0.472. The van der Waals surface area contributed by atoms with Crippen LogP contribution >= 0.6 is 0 Å². The fraction of sp³-hybridized carbons (Fsp3) is 0.636. The van der Waals surface area contributed by atoms with Gasteiger partial charge in [-0.2, -0.15) is 0 Å². The van der Waals surface area contributed by atoms with Crippen molar-refractivity contribution in [3.8, 4) is 0 Å². The van der Waals surface area contributed by atoms with Gasteiger partial charge in [-0.25, -0.2) is 4.79 Å². The van der Waals surface area contributed by atoms with Gasteiger partial charge < -0.3 is 4.74 Å². The van der Waals surface area contributed by atoms with Gasteiger partial charge in [0.1, 0.15) is 0 Å². The molecular weight excluding hydrogens is 180 g/mol. The van der Waals surface area contributed by atoms with Crippen molar-refractivity contribution in [3.05, 3.63) is 11.6 Å². The van der Waals surface area contributed by atoms with Crippen LogP contribution < -0.4 is 0 Å². The number of allylic oxidation sites excluding steroid dienone is 1. The van der Waals surface area contributed by atoms with Crippen LogP contribution in [-0.4, -0.2) is 18.4 Å². The van der Waals surface area contributed by atoms with E-state index in [2.05, 4.69) is 0 Å². The first-order valence-corrected chi connectivity index (χ1v) is 5.00. The van der Waals surface area contributed by atoms with Crippen LogP contribution in [-0.2, 0) is 14.3 Å². The molecule has 0 heterocycles. The standard InChI is InChI=1S/C11H18O3/c1-4-6-7-10(8-9(3)12)11(13)14-5-2/h8H,4-7H2,1-3H3/b10-8+. The minimum Gasteiger partial charge on any atom is -0.463 e. The first-order valence-electron chi connectivity index (χ1n) is 5.00. The number of hydrogen-bond donors (Lipinski definition) is 0. The first kappa shape index (κ1) is 12.9. The number of esters is 1. The number of ether oxygens (including phenoxy) is 1. The molecule has 80 valence electrons. The Morgan fingerprint density at radius 2 is 1.93 bits per heavy atom. The maximum Gasteiger partial charge on any atom is 0.334 e. The van der Waals surface area contributed by atoms with E-state index in [1.54, 1.807) is 6.92 Å². The van der Waals surface area contributed by atoms with Gasteiger partial charge in [-0.15, -0.1) is 0 Å². The van der Waals surface area contributed by atoms with Crippen LogP contribution in [0.2, 0.25) is 0 Å². The highest BCUT2D eigenvalue weighted by atomic mass is 16.5. The quantitative estimate of drug-likeness (QED) is 0.485. The third-order valence-corrected chi connectivity index (χ3v) is 1.71. The van der Waals surface area contributed by atoms with Crippen LogP contribution in [0.1, 0.15) is 40.0 Å². The summed E-state index contributed by atoms with van der Waals surface area (Å²) in [6, 6.07) is 0. The maximum atomic E-state index is 11.3. The van der Waals surface area contributed by atoms with Crippen molar-refractivity contribution in [2.45, 2.75) is 40.0 Å². The zero-order valence-corrected chi connectivity index (χ0v) is 9.13. The normalized spacial score (nSPS) is 11.2. The third-order valence-electron chi connectivity index (χ3n) is 1.71. The van der Waals surface area contributed by atoms with Gasteiger partial charge in [-0.05, 0) is 32.8 Å². The number of hydrogen-bond acceptors (Lipinski definition) is 3. The van der Waals surface area contributed by atoms with Crippen LogP contribution in [0.4, 0.5) is 0 Å². The summed E-state index contributed by atoms with van der Waals surface area (Å²) in [6.45, 7) is 5.57. The number of carbonyl (C=O) groups is 2. The zero-order valence-electron chi connectivity index (χ0n) is 9.13. The van der Waals surface area contributed by atoms with E-state index < -0.39 is 0 Å². The Bertz CT molecular complexity index is 229. The van der Waals surface area contributed by atoms with Crippen LogP contribution in [0.25, 0.3) is 0 Å². The highest BCUT2D eigenvalue weighted by Gasteiger charge is 2.10. The molecule has 0 amide bonds. The summed E-state index contributed by atoms with van der Waals surface area (Å²) in [4.78, 5) is 22.2. The van der Waals surface area contributed by atoms with Crippen molar-refractivity contribution in [1.29, 1.82) is 0 Å². The molecule has 0 spiro atoms. The zero-order chi connectivity index (χ0) is 11.0. The summed E-state index contributed by atoms with van der Waals surface area (Å²) in [5, 5.41) is 0.